The number of carbonyl (C=O) groups is 1. The molecule has 0 saturated carbocycles. The van der Waals surface area contributed by atoms with Crippen molar-refractivity contribution < 1.29 is 4.79 Å². The first kappa shape index (κ1) is 12.7. The number of nitrogens with one attached hydrogen (secondary N) is 1. The fraction of sp³-hybridized carbons (Fsp3) is 0.462. The summed E-state index contributed by atoms with van der Waals surface area (Å²) in [5.41, 5.74) is 7.50. The van der Waals surface area contributed by atoms with Gasteiger partial charge in [-0.15, -0.1) is 0 Å². The maximum atomic E-state index is 11.6. The maximum Gasteiger partial charge on any atom is 0.224 e. The highest BCUT2D eigenvalue weighted by Gasteiger charge is 2.05. The molecule has 16 heavy (non-hydrogen) atoms. The smallest absolute Gasteiger partial charge is 0.224 e. The van der Waals surface area contributed by atoms with Crippen molar-refractivity contribution in [2.45, 2.75) is 32.6 Å². The van der Waals surface area contributed by atoms with E-state index < -0.39 is 0 Å². The first-order chi connectivity index (χ1) is 7.77. The molecule has 0 bridgehead atoms. The van der Waals surface area contributed by atoms with E-state index in [1.165, 1.54) is 5.56 Å². The van der Waals surface area contributed by atoms with Gasteiger partial charge in [0, 0.05) is 12.1 Å². The lowest BCUT2D eigenvalue weighted by Crippen LogP contribution is -2.14. The molecule has 1 aromatic rings. The summed E-state index contributed by atoms with van der Waals surface area (Å²) < 4.78 is 0. The normalized spacial score (nSPS) is 10.1. The van der Waals surface area contributed by atoms with Crippen LogP contribution in [0, 0.1) is 0 Å². The Bertz CT molecular complexity index is 336. The molecule has 0 atom stereocenters. The van der Waals surface area contributed by atoms with Crippen LogP contribution in [0.1, 0.15) is 31.7 Å². The van der Waals surface area contributed by atoms with Crippen LogP contribution < -0.4 is 11.1 Å². The molecule has 88 valence electrons. The van der Waals surface area contributed by atoms with E-state index in [1.807, 2.05) is 18.2 Å². The number of para-hydroxylation sites is 1. The van der Waals surface area contributed by atoms with Gasteiger partial charge in [0.2, 0.25) is 5.91 Å². The Balaban J connectivity index is 2.61. The standard InChI is InChI=1S/C13H20N2O/c1-2-6-11-7-3-4-8-12(11)15-13(16)9-5-10-14/h3-4,7-8H,2,5-6,9-10,14H2,1H3,(H,15,16). The second-order valence-electron chi connectivity index (χ2n) is 3.85. The Labute approximate surface area is 97.0 Å². The molecule has 0 aliphatic carbocycles. The van der Waals surface area contributed by atoms with Crippen LogP contribution in [0.25, 0.3) is 0 Å². The highest BCUT2D eigenvalue weighted by Crippen LogP contribution is 2.16. The van der Waals surface area contributed by atoms with Gasteiger partial charge >= 0.3 is 0 Å². The van der Waals surface area contributed by atoms with E-state index in [-0.39, 0.29) is 5.91 Å². The molecule has 0 aliphatic heterocycles. The molecule has 0 aromatic heterocycles. The minimum absolute atomic E-state index is 0.0500. The lowest BCUT2D eigenvalue weighted by atomic mass is 10.1. The lowest BCUT2D eigenvalue weighted by Gasteiger charge is -2.09. The zero-order chi connectivity index (χ0) is 11.8. The molecule has 1 rings (SSSR count). The van der Waals surface area contributed by atoms with Gasteiger partial charge in [-0.1, -0.05) is 31.5 Å². The number of aryl methyl sites for hydroxylation is 1. The van der Waals surface area contributed by atoms with Crippen molar-refractivity contribution in [1.29, 1.82) is 0 Å². The summed E-state index contributed by atoms with van der Waals surface area (Å²) in [6.07, 6.45) is 3.31. The number of amides is 1. The number of benzene rings is 1. The summed E-state index contributed by atoms with van der Waals surface area (Å²) in [5.74, 6) is 0.0500. The van der Waals surface area contributed by atoms with Crippen LogP contribution in [0.15, 0.2) is 24.3 Å². The summed E-state index contributed by atoms with van der Waals surface area (Å²) >= 11 is 0. The summed E-state index contributed by atoms with van der Waals surface area (Å²) in [6, 6.07) is 7.95. The summed E-state index contributed by atoms with van der Waals surface area (Å²) in [6.45, 7) is 2.69. The zero-order valence-electron chi connectivity index (χ0n) is 9.83. The highest BCUT2D eigenvalue weighted by molar-refractivity contribution is 5.91. The third kappa shape index (κ3) is 4.03. The summed E-state index contributed by atoms with van der Waals surface area (Å²) in [4.78, 5) is 11.6. The Kier molecular flexibility index (Phi) is 5.57. The van der Waals surface area contributed by atoms with Crippen molar-refractivity contribution in [1.82, 2.24) is 0 Å². The van der Waals surface area contributed by atoms with Crippen LogP contribution in [0.4, 0.5) is 5.69 Å². The topological polar surface area (TPSA) is 55.1 Å². The second kappa shape index (κ2) is 7.01. The first-order valence-corrected chi connectivity index (χ1v) is 5.85. The molecule has 1 amide bonds. The molecule has 0 unspecified atom stereocenters. The van der Waals surface area contributed by atoms with Gasteiger partial charge in [0.25, 0.3) is 0 Å². The van der Waals surface area contributed by atoms with E-state index in [0.29, 0.717) is 13.0 Å². The van der Waals surface area contributed by atoms with Gasteiger partial charge in [-0.2, -0.15) is 0 Å². The van der Waals surface area contributed by atoms with E-state index >= 15 is 0 Å². The van der Waals surface area contributed by atoms with Crippen molar-refractivity contribution >= 4 is 11.6 Å². The highest BCUT2D eigenvalue weighted by atomic mass is 16.1. The largest absolute Gasteiger partial charge is 0.330 e. The maximum absolute atomic E-state index is 11.6. The lowest BCUT2D eigenvalue weighted by molar-refractivity contribution is -0.116. The third-order valence-electron chi connectivity index (χ3n) is 2.42. The van der Waals surface area contributed by atoms with E-state index in [2.05, 4.69) is 18.3 Å². The van der Waals surface area contributed by atoms with Crippen LogP contribution in [0.2, 0.25) is 0 Å². The Morgan fingerprint density at radius 2 is 2.12 bits per heavy atom. The van der Waals surface area contributed by atoms with Gasteiger partial charge in [0.05, 0.1) is 0 Å². The van der Waals surface area contributed by atoms with Crippen molar-refractivity contribution in [2.24, 2.45) is 5.73 Å². The van der Waals surface area contributed by atoms with E-state index in [1.54, 1.807) is 0 Å². The number of hydrogen-bond donors (Lipinski definition) is 2. The number of carbonyl (C=O) groups excluding carboxylic acids is 1. The average Bonchev–Trinajstić information content (AvgIpc) is 2.29. The molecule has 0 aliphatic rings. The quantitative estimate of drug-likeness (QED) is 0.773. The molecule has 0 heterocycles. The van der Waals surface area contributed by atoms with Crippen LogP contribution >= 0.6 is 0 Å². The molecular formula is C13H20N2O. The minimum atomic E-state index is 0.0500. The predicted molar refractivity (Wildman–Crippen MR) is 67.4 cm³/mol. The van der Waals surface area contributed by atoms with Crippen LogP contribution in [0.3, 0.4) is 0 Å². The fourth-order valence-corrected chi connectivity index (χ4v) is 1.60. The van der Waals surface area contributed by atoms with Gasteiger partial charge in [0.15, 0.2) is 0 Å². The molecule has 0 spiro atoms. The molecule has 3 N–H and O–H groups in total. The van der Waals surface area contributed by atoms with Gasteiger partial charge < -0.3 is 11.1 Å². The van der Waals surface area contributed by atoms with Crippen LogP contribution in [-0.2, 0) is 11.2 Å². The van der Waals surface area contributed by atoms with Gasteiger partial charge in [-0.3, -0.25) is 4.79 Å². The molecule has 1 aromatic carbocycles. The Hall–Kier alpha value is -1.35. The van der Waals surface area contributed by atoms with Crippen molar-refractivity contribution in [3.8, 4) is 0 Å². The van der Waals surface area contributed by atoms with Crippen LogP contribution in [-0.4, -0.2) is 12.5 Å². The van der Waals surface area contributed by atoms with Crippen LogP contribution in [0.5, 0.6) is 0 Å². The third-order valence-corrected chi connectivity index (χ3v) is 2.42. The summed E-state index contributed by atoms with van der Waals surface area (Å²) in [5, 5.41) is 2.94. The molecule has 3 heteroatoms. The van der Waals surface area contributed by atoms with E-state index in [4.69, 9.17) is 5.73 Å². The Morgan fingerprint density at radius 1 is 1.38 bits per heavy atom. The molecule has 3 nitrogen and oxygen atoms in total. The summed E-state index contributed by atoms with van der Waals surface area (Å²) in [7, 11) is 0. The number of hydrogen-bond acceptors (Lipinski definition) is 2. The predicted octanol–water partition coefficient (Wildman–Crippen LogP) is 2.32. The van der Waals surface area contributed by atoms with Crippen molar-refractivity contribution in [3.05, 3.63) is 29.8 Å². The number of rotatable bonds is 6. The minimum Gasteiger partial charge on any atom is -0.330 e. The SMILES string of the molecule is CCCc1ccccc1NC(=O)CCCN. The molecule has 0 fully saturated rings. The molecule has 0 saturated heterocycles. The van der Waals surface area contributed by atoms with Crippen molar-refractivity contribution in [2.75, 3.05) is 11.9 Å². The first-order valence-electron chi connectivity index (χ1n) is 5.85. The van der Waals surface area contributed by atoms with Gasteiger partial charge in [-0.25, -0.2) is 0 Å². The van der Waals surface area contributed by atoms with E-state index in [9.17, 15) is 4.79 Å². The van der Waals surface area contributed by atoms with Gasteiger partial charge in [-0.05, 0) is 31.0 Å². The average molecular weight is 220 g/mol. The second-order valence-corrected chi connectivity index (χ2v) is 3.85. The zero-order valence-corrected chi connectivity index (χ0v) is 9.83. The number of nitrogens with two attached hydrogens (primary N) is 1. The number of anilines is 1. The molecular weight excluding hydrogens is 200 g/mol. The Morgan fingerprint density at radius 3 is 2.81 bits per heavy atom. The molecule has 0 radical (unpaired) electrons. The van der Waals surface area contributed by atoms with Gasteiger partial charge in [0.1, 0.15) is 0 Å². The fourth-order valence-electron chi connectivity index (χ4n) is 1.60. The monoisotopic (exact) mass is 220 g/mol. The van der Waals surface area contributed by atoms with Crippen molar-refractivity contribution in [3.63, 3.8) is 0 Å². The van der Waals surface area contributed by atoms with E-state index in [0.717, 1.165) is 24.9 Å².